The molecule has 0 bridgehead atoms. The molecule has 1 atom stereocenters. The Bertz CT molecular complexity index is 834. The van der Waals surface area contributed by atoms with Crippen molar-refractivity contribution in [1.82, 2.24) is 20.4 Å². The van der Waals surface area contributed by atoms with Gasteiger partial charge in [-0.2, -0.15) is 0 Å². The van der Waals surface area contributed by atoms with E-state index in [1.54, 1.807) is 0 Å². The molecule has 0 saturated carbocycles. The van der Waals surface area contributed by atoms with Crippen molar-refractivity contribution in [1.29, 1.82) is 0 Å². The van der Waals surface area contributed by atoms with Crippen LogP contribution in [-0.2, 0) is 9.53 Å². The molecule has 0 aliphatic carbocycles. The van der Waals surface area contributed by atoms with Gasteiger partial charge in [0.15, 0.2) is 5.82 Å². The summed E-state index contributed by atoms with van der Waals surface area (Å²) in [4.78, 5) is 17.3. The molecule has 0 unspecified atom stereocenters. The van der Waals surface area contributed by atoms with Crippen LogP contribution >= 0.6 is 0 Å². The second kappa shape index (κ2) is 10.7. The number of rotatable bonds is 7. The summed E-state index contributed by atoms with van der Waals surface area (Å²) in [5.41, 5.74) is 3.17. The molecular formula is C24H33N5O2. The van der Waals surface area contributed by atoms with E-state index in [1.807, 2.05) is 12.1 Å². The number of benzene rings is 1. The first kappa shape index (κ1) is 21.7. The number of ether oxygens (including phenoxy) is 1. The Balaban J connectivity index is 1.25. The van der Waals surface area contributed by atoms with Crippen molar-refractivity contribution in [3.05, 3.63) is 42.0 Å². The predicted molar refractivity (Wildman–Crippen MR) is 122 cm³/mol. The van der Waals surface area contributed by atoms with Crippen LogP contribution < -0.4 is 10.2 Å². The second-order valence-corrected chi connectivity index (χ2v) is 8.53. The maximum absolute atomic E-state index is 12.7. The number of aromatic nitrogens is 2. The average Bonchev–Trinajstić information content (AvgIpc) is 2.83. The van der Waals surface area contributed by atoms with Crippen molar-refractivity contribution in [3.63, 3.8) is 0 Å². The fraction of sp³-hybridized carbons (Fsp3) is 0.542. The van der Waals surface area contributed by atoms with Crippen LogP contribution in [0.2, 0.25) is 0 Å². The van der Waals surface area contributed by atoms with E-state index >= 15 is 0 Å². The van der Waals surface area contributed by atoms with Gasteiger partial charge in [0.25, 0.3) is 0 Å². The third-order valence-electron chi connectivity index (χ3n) is 6.17. The van der Waals surface area contributed by atoms with Gasteiger partial charge in [0, 0.05) is 38.3 Å². The minimum absolute atomic E-state index is 0.00992. The normalized spacial score (nSPS) is 19.9. The summed E-state index contributed by atoms with van der Waals surface area (Å²) < 4.78 is 5.38. The van der Waals surface area contributed by atoms with Crippen molar-refractivity contribution in [3.8, 4) is 11.3 Å². The van der Waals surface area contributed by atoms with Crippen molar-refractivity contribution in [2.45, 2.75) is 26.2 Å². The summed E-state index contributed by atoms with van der Waals surface area (Å²) in [5.74, 6) is 1.02. The molecular weight excluding hydrogens is 390 g/mol. The van der Waals surface area contributed by atoms with Crippen molar-refractivity contribution in [2.24, 2.45) is 5.92 Å². The van der Waals surface area contributed by atoms with Gasteiger partial charge in [0.1, 0.15) is 0 Å². The van der Waals surface area contributed by atoms with E-state index in [4.69, 9.17) is 4.74 Å². The van der Waals surface area contributed by atoms with E-state index in [1.165, 1.54) is 5.56 Å². The summed E-state index contributed by atoms with van der Waals surface area (Å²) in [5, 5.41) is 12.0. The number of carbonyl (C=O) groups excluding carboxylic acids is 1. The molecule has 1 amide bonds. The standard InChI is InChI=1S/C24H33N5O2/c1-19-5-7-20(8-6-19)22-9-10-23(27-26-22)29-13-2-4-21(18-29)24(30)25-11-3-12-28-14-16-31-17-15-28/h5-10,21H,2-4,11-18H2,1H3,(H,25,30)/t21-/m0/s1. The number of nitrogens with zero attached hydrogens (tertiary/aromatic N) is 4. The van der Waals surface area contributed by atoms with Gasteiger partial charge in [-0.1, -0.05) is 29.8 Å². The van der Waals surface area contributed by atoms with Crippen LogP contribution in [0.4, 0.5) is 5.82 Å². The highest BCUT2D eigenvalue weighted by Crippen LogP contribution is 2.23. The molecule has 2 fully saturated rings. The Morgan fingerprint density at radius 3 is 2.65 bits per heavy atom. The number of nitrogens with one attached hydrogen (secondary N) is 1. The molecule has 7 heteroatoms. The SMILES string of the molecule is Cc1ccc(-c2ccc(N3CCC[C@H](C(=O)NCCCN4CCOCC4)C3)nn2)cc1. The van der Waals surface area contributed by atoms with Gasteiger partial charge in [0.2, 0.25) is 5.91 Å². The van der Waals surface area contributed by atoms with Crippen molar-refractivity contribution < 1.29 is 9.53 Å². The van der Waals surface area contributed by atoms with Gasteiger partial charge in [-0.25, -0.2) is 0 Å². The van der Waals surface area contributed by atoms with Crippen LogP contribution in [0, 0.1) is 12.8 Å². The van der Waals surface area contributed by atoms with Crippen LogP contribution in [0.15, 0.2) is 36.4 Å². The number of carbonyl (C=O) groups is 1. The van der Waals surface area contributed by atoms with E-state index < -0.39 is 0 Å². The van der Waals surface area contributed by atoms with E-state index in [-0.39, 0.29) is 11.8 Å². The Kier molecular flexibility index (Phi) is 7.48. The number of aryl methyl sites for hydroxylation is 1. The molecule has 7 nitrogen and oxygen atoms in total. The summed E-state index contributed by atoms with van der Waals surface area (Å²) in [7, 11) is 0. The van der Waals surface area contributed by atoms with E-state index in [0.29, 0.717) is 6.54 Å². The Labute approximate surface area is 184 Å². The monoisotopic (exact) mass is 423 g/mol. The highest BCUT2D eigenvalue weighted by Gasteiger charge is 2.26. The van der Waals surface area contributed by atoms with Crippen LogP contribution in [0.25, 0.3) is 11.3 Å². The molecule has 1 aromatic carbocycles. The fourth-order valence-corrected chi connectivity index (χ4v) is 4.25. The van der Waals surface area contributed by atoms with Crippen molar-refractivity contribution in [2.75, 3.05) is 57.4 Å². The summed E-state index contributed by atoms with van der Waals surface area (Å²) in [6.45, 7) is 9.07. The van der Waals surface area contributed by atoms with Crippen LogP contribution in [0.5, 0.6) is 0 Å². The molecule has 1 aromatic heterocycles. The fourth-order valence-electron chi connectivity index (χ4n) is 4.25. The lowest BCUT2D eigenvalue weighted by atomic mass is 9.97. The smallest absolute Gasteiger partial charge is 0.224 e. The average molecular weight is 424 g/mol. The molecule has 1 N–H and O–H groups in total. The predicted octanol–water partition coefficient (Wildman–Crippen LogP) is 2.51. The molecule has 166 valence electrons. The van der Waals surface area contributed by atoms with Gasteiger partial charge < -0.3 is 15.0 Å². The quantitative estimate of drug-likeness (QED) is 0.690. The molecule has 4 rings (SSSR count). The van der Waals surface area contributed by atoms with E-state index in [0.717, 1.165) is 82.3 Å². The largest absolute Gasteiger partial charge is 0.379 e. The first-order valence-electron chi connectivity index (χ1n) is 11.4. The van der Waals surface area contributed by atoms with Gasteiger partial charge in [-0.3, -0.25) is 9.69 Å². The van der Waals surface area contributed by atoms with E-state index in [2.05, 4.69) is 56.5 Å². The van der Waals surface area contributed by atoms with Crippen LogP contribution in [0.1, 0.15) is 24.8 Å². The first-order chi connectivity index (χ1) is 15.2. The zero-order valence-electron chi connectivity index (χ0n) is 18.4. The highest BCUT2D eigenvalue weighted by molar-refractivity contribution is 5.79. The maximum Gasteiger partial charge on any atom is 0.224 e. The lowest BCUT2D eigenvalue weighted by molar-refractivity contribution is -0.125. The van der Waals surface area contributed by atoms with Crippen molar-refractivity contribution >= 4 is 11.7 Å². The molecule has 2 aliphatic rings. The van der Waals surface area contributed by atoms with Crippen LogP contribution in [-0.4, -0.2) is 73.5 Å². The zero-order chi connectivity index (χ0) is 21.5. The molecule has 2 aromatic rings. The maximum atomic E-state index is 12.7. The minimum atomic E-state index is 0.00992. The summed E-state index contributed by atoms with van der Waals surface area (Å²) >= 11 is 0. The number of amides is 1. The van der Waals surface area contributed by atoms with Gasteiger partial charge >= 0.3 is 0 Å². The first-order valence-corrected chi connectivity index (χ1v) is 11.4. The molecule has 3 heterocycles. The van der Waals surface area contributed by atoms with Crippen LogP contribution in [0.3, 0.4) is 0 Å². The lowest BCUT2D eigenvalue weighted by Gasteiger charge is -2.32. The van der Waals surface area contributed by atoms with Gasteiger partial charge in [-0.15, -0.1) is 10.2 Å². The zero-order valence-corrected chi connectivity index (χ0v) is 18.4. The lowest BCUT2D eigenvalue weighted by Crippen LogP contribution is -2.44. The van der Waals surface area contributed by atoms with E-state index in [9.17, 15) is 4.79 Å². The third-order valence-corrected chi connectivity index (χ3v) is 6.17. The van der Waals surface area contributed by atoms with Gasteiger partial charge in [-0.05, 0) is 44.9 Å². The second-order valence-electron chi connectivity index (χ2n) is 8.53. The molecule has 2 aliphatic heterocycles. The number of piperidine rings is 1. The number of hydrogen-bond donors (Lipinski definition) is 1. The summed E-state index contributed by atoms with van der Waals surface area (Å²) in [6, 6.07) is 12.3. The number of anilines is 1. The van der Waals surface area contributed by atoms with Gasteiger partial charge in [0.05, 0.1) is 24.8 Å². The minimum Gasteiger partial charge on any atom is -0.379 e. The highest BCUT2D eigenvalue weighted by atomic mass is 16.5. The molecule has 2 saturated heterocycles. The molecule has 0 radical (unpaired) electrons. The molecule has 0 spiro atoms. The Hall–Kier alpha value is -2.51. The number of hydrogen-bond acceptors (Lipinski definition) is 6. The third kappa shape index (κ3) is 6.02. The molecule has 31 heavy (non-hydrogen) atoms. The Morgan fingerprint density at radius 2 is 1.90 bits per heavy atom. The Morgan fingerprint density at radius 1 is 1.10 bits per heavy atom. The number of morpholine rings is 1. The summed E-state index contributed by atoms with van der Waals surface area (Å²) in [6.07, 6.45) is 2.90. The topological polar surface area (TPSA) is 70.6 Å².